The fourth-order valence-electron chi connectivity index (χ4n) is 6.56. The average Bonchev–Trinajstić information content (AvgIpc) is 3.69. The molecule has 3 fully saturated rings. The molecule has 1 aliphatic heterocycles. The first-order valence-electron chi connectivity index (χ1n) is 13.0. The zero-order valence-electron chi connectivity index (χ0n) is 20.8. The minimum atomic E-state index is -0.252. The Morgan fingerprint density at radius 1 is 1.11 bits per heavy atom. The number of aromatic nitrogens is 5. The van der Waals surface area contributed by atoms with Crippen LogP contribution in [0.25, 0.3) is 16.0 Å². The standard InChI is InChI=1S/C26H30FN9S/c1-15-13-37-23-22(15)29-14-30-24(23)36-25(28)32-26(33-36)31-18-4-5-20(19(27)12-18)34-6-8-35(9-7-34)21-11-16-2-3-17(21)10-16/h4-5,12-14,16-17,21H,2-3,6-11H2,1H3,(H3,28,31,32,33). The third-order valence-electron chi connectivity index (χ3n) is 8.37. The molecule has 2 bridgehead atoms. The number of benzene rings is 1. The predicted octanol–water partition coefficient (Wildman–Crippen LogP) is 4.36. The van der Waals surface area contributed by atoms with E-state index >= 15 is 4.39 Å². The number of aryl methyl sites for hydroxylation is 1. The van der Waals surface area contributed by atoms with E-state index in [1.807, 2.05) is 24.4 Å². The Bertz CT molecular complexity index is 1460. The van der Waals surface area contributed by atoms with E-state index in [4.69, 9.17) is 5.73 Å². The zero-order valence-corrected chi connectivity index (χ0v) is 21.6. The monoisotopic (exact) mass is 519 g/mol. The van der Waals surface area contributed by atoms with Crippen LogP contribution >= 0.6 is 11.3 Å². The molecule has 192 valence electrons. The van der Waals surface area contributed by atoms with Gasteiger partial charge in [0.2, 0.25) is 11.9 Å². The van der Waals surface area contributed by atoms with Crippen LogP contribution in [0.1, 0.15) is 31.2 Å². The Kier molecular flexibility index (Phi) is 5.51. The summed E-state index contributed by atoms with van der Waals surface area (Å²) in [4.78, 5) is 17.9. The van der Waals surface area contributed by atoms with Gasteiger partial charge in [0, 0.05) is 37.9 Å². The van der Waals surface area contributed by atoms with E-state index in [0.717, 1.165) is 59.8 Å². The molecule has 2 aliphatic carbocycles. The lowest BCUT2D eigenvalue weighted by Crippen LogP contribution is -2.52. The highest BCUT2D eigenvalue weighted by Crippen LogP contribution is 2.46. The molecule has 3 unspecified atom stereocenters. The molecular weight excluding hydrogens is 489 g/mol. The second-order valence-electron chi connectivity index (χ2n) is 10.6. The minimum Gasteiger partial charge on any atom is -0.368 e. The van der Waals surface area contributed by atoms with Gasteiger partial charge in [0.15, 0.2) is 5.82 Å². The lowest BCUT2D eigenvalue weighted by molar-refractivity contribution is 0.134. The lowest BCUT2D eigenvalue weighted by Gasteiger charge is -2.41. The maximum atomic E-state index is 15.2. The molecule has 2 saturated carbocycles. The third kappa shape index (κ3) is 4.00. The predicted molar refractivity (Wildman–Crippen MR) is 144 cm³/mol. The zero-order chi connectivity index (χ0) is 25.1. The molecule has 3 aromatic heterocycles. The number of nitrogens with two attached hydrogens (primary N) is 1. The molecule has 11 heteroatoms. The van der Waals surface area contributed by atoms with Gasteiger partial charge in [-0.3, -0.25) is 4.90 Å². The third-order valence-corrected chi connectivity index (χ3v) is 9.46. The summed E-state index contributed by atoms with van der Waals surface area (Å²) < 4.78 is 17.6. The maximum absolute atomic E-state index is 15.2. The quantitative estimate of drug-likeness (QED) is 0.401. The fourth-order valence-corrected chi connectivity index (χ4v) is 7.54. The van der Waals surface area contributed by atoms with Crippen LogP contribution in [-0.2, 0) is 0 Å². The molecule has 0 amide bonds. The number of nitrogen functional groups attached to an aromatic ring is 1. The van der Waals surface area contributed by atoms with Crippen LogP contribution in [0, 0.1) is 24.6 Å². The Morgan fingerprint density at radius 3 is 2.73 bits per heavy atom. The highest BCUT2D eigenvalue weighted by molar-refractivity contribution is 7.17. The summed E-state index contributed by atoms with van der Waals surface area (Å²) in [5.74, 6) is 2.64. The van der Waals surface area contributed by atoms with E-state index in [0.29, 0.717) is 17.2 Å². The highest BCUT2D eigenvalue weighted by atomic mass is 32.1. The number of nitrogens with zero attached hydrogens (tertiary/aromatic N) is 7. The van der Waals surface area contributed by atoms with Crippen molar-refractivity contribution >= 4 is 44.8 Å². The van der Waals surface area contributed by atoms with Crippen LogP contribution in [-0.4, -0.2) is 61.9 Å². The summed E-state index contributed by atoms with van der Waals surface area (Å²) in [5, 5.41) is 9.60. The number of rotatable bonds is 5. The lowest BCUT2D eigenvalue weighted by atomic mass is 9.93. The van der Waals surface area contributed by atoms with Crippen LogP contribution < -0.4 is 16.0 Å². The van der Waals surface area contributed by atoms with Crippen molar-refractivity contribution in [2.75, 3.05) is 42.1 Å². The molecule has 4 heterocycles. The molecule has 3 atom stereocenters. The number of nitrogens with one attached hydrogen (secondary N) is 1. The van der Waals surface area contributed by atoms with Crippen LogP contribution in [0.3, 0.4) is 0 Å². The molecule has 3 N–H and O–H groups in total. The van der Waals surface area contributed by atoms with E-state index in [2.05, 4.69) is 35.2 Å². The SMILES string of the molecule is Cc1csc2c(-n3nc(Nc4ccc(N5CCN(C6CC7CCC6C7)CC5)c(F)c4)nc3N)ncnc12. The Hall–Kier alpha value is -3.31. The summed E-state index contributed by atoms with van der Waals surface area (Å²) >= 11 is 1.54. The van der Waals surface area contributed by atoms with Gasteiger partial charge in [-0.05, 0) is 67.2 Å². The van der Waals surface area contributed by atoms with Gasteiger partial charge in [0.1, 0.15) is 12.1 Å². The number of halogens is 1. The summed E-state index contributed by atoms with van der Waals surface area (Å²) in [7, 11) is 0. The topological polar surface area (TPSA) is 101 Å². The number of fused-ring (bicyclic) bond motifs is 3. The largest absolute Gasteiger partial charge is 0.368 e. The number of hydrogen-bond donors (Lipinski definition) is 2. The molecule has 4 aromatic rings. The molecular formula is C26H30FN9S. The van der Waals surface area contributed by atoms with Gasteiger partial charge in [-0.1, -0.05) is 6.42 Å². The fraction of sp³-hybridized carbons (Fsp3) is 0.462. The van der Waals surface area contributed by atoms with Gasteiger partial charge >= 0.3 is 0 Å². The van der Waals surface area contributed by atoms with E-state index in [1.54, 1.807) is 0 Å². The average molecular weight is 520 g/mol. The van der Waals surface area contributed by atoms with Crippen LogP contribution in [0.2, 0.25) is 0 Å². The van der Waals surface area contributed by atoms with Crippen molar-refractivity contribution in [2.24, 2.45) is 11.8 Å². The summed E-state index contributed by atoms with van der Waals surface area (Å²) in [5.41, 5.74) is 9.32. The van der Waals surface area contributed by atoms with Crippen molar-refractivity contribution in [3.63, 3.8) is 0 Å². The van der Waals surface area contributed by atoms with Crippen molar-refractivity contribution in [3.8, 4) is 5.82 Å². The van der Waals surface area contributed by atoms with Gasteiger partial charge in [-0.25, -0.2) is 14.4 Å². The molecule has 9 nitrogen and oxygen atoms in total. The van der Waals surface area contributed by atoms with Crippen LogP contribution in [0.15, 0.2) is 29.9 Å². The first-order valence-corrected chi connectivity index (χ1v) is 13.9. The number of piperazine rings is 1. The highest BCUT2D eigenvalue weighted by Gasteiger charge is 2.42. The van der Waals surface area contributed by atoms with Crippen molar-refractivity contribution in [3.05, 3.63) is 41.3 Å². The summed E-state index contributed by atoms with van der Waals surface area (Å²) in [6.07, 6.45) is 7.10. The molecule has 3 aliphatic rings. The molecule has 1 saturated heterocycles. The first-order chi connectivity index (χ1) is 18.0. The minimum absolute atomic E-state index is 0.194. The van der Waals surface area contributed by atoms with Crippen molar-refractivity contribution < 1.29 is 4.39 Å². The van der Waals surface area contributed by atoms with Gasteiger partial charge in [-0.2, -0.15) is 9.67 Å². The Labute approximate surface area is 218 Å². The number of thiophene rings is 1. The first kappa shape index (κ1) is 22.9. The van der Waals surface area contributed by atoms with Gasteiger partial charge in [0.05, 0.1) is 15.9 Å². The van der Waals surface area contributed by atoms with Crippen molar-refractivity contribution in [1.29, 1.82) is 0 Å². The normalized spacial score (nSPS) is 23.8. The van der Waals surface area contributed by atoms with E-state index in [9.17, 15) is 0 Å². The van der Waals surface area contributed by atoms with Crippen LogP contribution in [0.4, 0.5) is 27.7 Å². The number of anilines is 4. The van der Waals surface area contributed by atoms with E-state index in [1.165, 1.54) is 54.1 Å². The van der Waals surface area contributed by atoms with Gasteiger partial charge in [0.25, 0.3) is 0 Å². The summed E-state index contributed by atoms with van der Waals surface area (Å²) in [6.45, 7) is 5.73. The van der Waals surface area contributed by atoms with Crippen LogP contribution in [0.5, 0.6) is 0 Å². The molecule has 1 aromatic carbocycles. The van der Waals surface area contributed by atoms with Crippen molar-refractivity contribution in [1.82, 2.24) is 29.6 Å². The smallest absolute Gasteiger partial charge is 0.248 e. The molecule has 0 radical (unpaired) electrons. The Balaban J connectivity index is 1.04. The van der Waals surface area contributed by atoms with Gasteiger partial charge < -0.3 is 16.0 Å². The maximum Gasteiger partial charge on any atom is 0.248 e. The molecule has 37 heavy (non-hydrogen) atoms. The van der Waals surface area contributed by atoms with Gasteiger partial charge in [-0.15, -0.1) is 16.4 Å². The van der Waals surface area contributed by atoms with E-state index in [-0.39, 0.29) is 17.7 Å². The Morgan fingerprint density at radius 2 is 1.97 bits per heavy atom. The second-order valence-corrected chi connectivity index (χ2v) is 11.4. The second kappa shape index (κ2) is 8.91. The van der Waals surface area contributed by atoms with Crippen molar-refractivity contribution in [2.45, 2.75) is 38.6 Å². The summed E-state index contributed by atoms with van der Waals surface area (Å²) in [6, 6.07) is 5.95. The molecule has 0 spiro atoms. The number of hydrogen-bond acceptors (Lipinski definition) is 9. The van der Waals surface area contributed by atoms with E-state index < -0.39 is 0 Å². The molecule has 7 rings (SSSR count).